The van der Waals surface area contributed by atoms with Crippen molar-refractivity contribution in [1.29, 1.82) is 0 Å². The van der Waals surface area contributed by atoms with E-state index >= 15 is 0 Å². The Balaban J connectivity index is 1.64. The number of aromatic nitrogens is 2. The van der Waals surface area contributed by atoms with E-state index in [1.807, 2.05) is 0 Å². The SMILES string of the molecule is O=C(NCC1CC1)[C@@H]1CCCN(C(=O)c2[nH]ncc2C(F)(F)F)C1. The minimum absolute atomic E-state index is 0.125. The van der Waals surface area contributed by atoms with Crippen LogP contribution >= 0.6 is 0 Å². The number of amides is 2. The smallest absolute Gasteiger partial charge is 0.356 e. The molecule has 132 valence electrons. The summed E-state index contributed by atoms with van der Waals surface area (Å²) in [5.74, 6) is -0.715. The summed E-state index contributed by atoms with van der Waals surface area (Å²) in [6.07, 6.45) is -0.574. The number of likely N-dealkylation sites (tertiary alicyclic amines) is 1. The number of halogens is 3. The van der Waals surface area contributed by atoms with E-state index in [2.05, 4.69) is 15.5 Å². The predicted octanol–water partition coefficient (Wildman–Crippen LogP) is 1.81. The van der Waals surface area contributed by atoms with Crippen LogP contribution in [-0.2, 0) is 11.0 Å². The monoisotopic (exact) mass is 344 g/mol. The molecule has 1 aliphatic heterocycles. The van der Waals surface area contributed by atoms with Gasteiger partial charge in [-0.25, -0.2) is 0 Å². The first-order valence-electron chi connectivity index (χ1n) is 8.04. The molecule has 9 heteroatoms. The number of nitrogens with one attached hydrogen (secondary N) is 2. The molecule has 0 bridgehead atoms. The van der Waals surface area contributed by atoms with Crippen molar-refractivity contribution < 1.29 is 22.8 Å². The molecule has 2 N–H and O–H groups in total. The maximum absolute atomic E-state index is 12.9. The molecule has 2 heterocycles. The molecular weight excluding hydrogens is 325 g/mol. The molecule has 0 radical (unpaired) electrons. The fourth-order valence-corrected chi connectivity index (χ4v) is 2.91. The van der Waals surface area contributed by atoms with Gasteiger partial charge < -0.3 is 10.2 Å². The molecule has 0 aromatic carbocycles. The van der Waals surface area contributed by atoms with Gasteiger partial charge in [0.05, 0.1) is 12.1 Å². The number of hydrogen-bond donors (Lipinski definition) is 2. The molecule has 1 atom stereocenters. The quantitative estimate of drug-likeness (QED) is 0.874. The lowest BCUT2D eigenvalue weighted by atomic mass is 9.96. The molecule has 2 aliphatic rings. The first-order chi connectivity index (χ1) is 11.4. The van der Waals surface area contributed by atoms with E-state index in [0.717, 1.165) is 12.8 Å². The molecule has 1 saturated heterocycles. The van der Waals surface area contributed by atoms with E-state index in [1.54, 1.807) is 0 Å². The summed E-state index contributed by atoms with van der Waals surface area (Å²) in [4.78, 5) is 25.9. The van der Waals surface area contributed by atoms with Crippen molar-refractivity contribution in [3.8, 4) is 0 Å². The molecule has 1 aromatic heterocycles. The maximum Gasteiger partial charge on any atom is 0.420 e. The van der Waals surface area contributed by atoms with E-state index in [0.29, 0.717) is 38.0 Å². The van der Waals surface area contributed by atoms with E-state index in [4.69, 9.17) is 0 Å². The van der Waals surface area contributed by atoms with E-state index in [9.17, 15) is 22.8 Å². The topological polar surface area (TPSA) is 78.1 Å². The van der Waals surface area contributed by atoms with Crippen molar-refractivity contribution in [3.05, 3.63) is 17.5 Å². The van der Waals surface area contributed by atoms with Gasteiger partial charge in [-0.2, -0.15) is 18.3 Å². The highest BCUT2D eigenvalue weighted by Crippen LogP contribution is 2.32. The molecular formula is C15H19F3N4O2. The van der Waals surface area contributed by atoms with Crippen LogP contribution in [0, 0.1) is 11.8 Å². The Bertz CT molecular complexity index is 624. The number of H-pyrrole nitrogens is 1. The van der Waals surface area contributed by atoms with Gasteiger partial charge >= 0.3 is 6.18 Å². The summed E-state index contributed by atoms with van der Waals surface area (Å²) in [5, 5.41) is 8.35. The second-order valence-corrected chi connectivity index (χ2v) is 6.44. The molecule has 24 heavy (non-hydrogen) atoms. The van der Waals surface area contributed by atoms with Gasteiger partial charge in [0.25, 0.3) is 5.91 Å². The molecule has 6 nitrogen and oxygen atoms in total. The summed E-state index contributed by atoms with van der Waals surface area (Å²) in [7, 11) is 0. The van der Waals surface area contributed by atoms with E-state index in [1.165, 1.54) is 4.90 Å². The molecule has 2 amide bonds. The van der Waals surface area contributed by atoms with Crippen molar-refractivity contribution in [3.63, 3.8) is 0 Å². The summed E-state index contributed by atoms with van der Waals surface area (Å²) >= 11 is 0. The molecule has 3 rings (SSSR count). The lowest BCUT2D eigenvalue weighted by Gasteiger charge is -2.32. The van der Waals surface area contributed by atoms with Gasteiger partial charge in [-0.3, -0.25) is 14.7 Å². The normalized spacial score (nSPS) is 21.6. The number of piperidine rings is 1. The zero-order valence-electron chi connectivity index (χ0n) is 13.0. The van der Waals surface area contributed by atoms with Crippen molar-refractivity contribution in [1.82, 2.24) is 20.4 Å². The number of rotatable bonds is 4. The molecule has 0 spiro atoms. The van der Waals surface area contributed by atoms with Crippen LogP contribution in [0.15, 0.2) is 6.20 Å². The average molecular weight is 344 g/mol. The van der Waals surface area contributed by atoms with Crippen molar-refractivity contribution in [2.45, 2.75) is 31.9 Å². The number of hydrogen-bond acceptors (Lipinski definition) is 3. The number of alkyl halides is 3. The Morgan fingerprint density at radius 1 is 1.33 bits per heavy atom. The fourth-order valence-electron chi connectivity index (χ4n) is 2.91. The number of carbonyl (C=O) groups is 2. The van der Waals surface area contributed by atoms with Crippen molar-refractivity contribution in [2.24, 2.45) is 11.8 Å². The second-order valence-electron chi connectivity index (χ2n) is 6.44. The molecule has 2 fully saturated rings. The van der Waals surface area contributed by atoms with Crippen LogP contribution in [0.4, 0.5) is 13.2 Å². The third kappa shape index (κ3) is 3.70. The summed E-state index contributed by atoms with van der Waals surface area (Å²) in [5.41, 5.74) is -1.64. The van der Waals surface area contributed by atoms with Crippen molar-refractivity contribution >= 4 is 11.8 Å². The lowest BCUT2D eigenvalue weighted by Crippen LogP contribution is -2.46. The van der Waals surface area contributed by atoms with Gasteiger partial charge in [-0.05, 0) is 31.6 Å². The first-order valence-corrected chi connectivity index (χ1v) is 8.04. The van der Waals surface area contributed by atoms with Gasteiger partial charge in [0.2, 0.25) is 5.91 Å². The third-order valence-electron chi connectivity index (χ3n) is 4.50. The number of aromatic amines is 1. The van der Waals surface area contributed by atoms with E-state index < -0.39 is 23.3 Å². The summed E-state index contributed by atoms with van der Waals surface area (Å²) < 4.78 is 38.7. The highest BCUT2D eigenvalue weighted by Gasteiger charge is 2.39. The van der Waals surface area contributed by atoms with Gasteiger partial charge in [-0.15, -0.1) is 0 Å². The highest BCUT2D eigenvalue weighted by molar-refractivity contribution is 5.94. The van der Waals surface area contributed by atoms with Crippen LogP contribution in [0.2, 0.25) is 0 Å². The van der Waals surface area contributed by atoms with Crippen LogP contribution in [0.5, 0.6) is 0 Å². The van der Waals surface area contributed by atoms with Crippen LogP contribution in [-0.4, -0.2) is 46.5 Å². The summed E-state index contributed by atoms with van der Waals surface area (Å²) in [6, 6.07) is 0. The van der Waals surface area contributed by atoms with Gasteiger partial charge in [0.15, 0.2) is 0 Å². The van der Waals surface area contributed by atoms with E-state index in [-0.39, 0.29) is 18.4 Å². The fraction of sp³-hybridized carbons (Fsp3) is 0.667. The molecule has 1 aliphatic carbocycles. The van der Waals surface area contributed by atoms with Crippen molar-refractivity contribution in [2.75, 3.05) is 19.6 Å². The van der Waals surface area contributed by atoms with Crippen LogP contribution in [0.25, 0.3) is 0 Å². The van der Waals surface area contributed by atoms with Crippen LogP contribution < -0.4 is 5.32 Å². The zero-order chi connectivity index (χ0) is 17.3. The highest BCUT2D eigenvalue weighted by atomic mass is 19.4. The second kappa shape index (κ2) is 6.45. The number of nitrogens with zero attached hydrogens (tertiary/aromatic N) is 2. The lowest BCUT2D eigenvalue weighted by molar-refractivity contribution is -0.138. The molecule has 0 unspecified atom stereocenters. The summed E-state index contributed by atoms with van der Waals surface area (Å²) in [6.45, 7) is 1.11. The molecule has 1 saturated carbocycles. The largest absolute Gasteiger partial charge is 0.420 e. The standard InChI is InChI=1S/C15H19F3N4O2/c16-15(17,18)11-7-20-21-12(11)14(24)22-5-1-2-10(8-22)13(23)19-6-9-3-4-9/h7,9-10H,1-6,8H2,(H,19,23)(H,20,21)/t10-/m1/s1. The van der Waals surface area contributed by atoms with Gasteiger partial charge in [-0.1, -0.05) is 0 Å². The van der Waals surface area contributed by atoms with Gasteiger partial charge in [0, 0.05) is 19.6 Å². The Hall–Kier alpha value is -2.06. The minimum atomic E-state index is -4.64. The number of carbonyl (C=O) groups excluding carboxylic acids is 2. The average Bonchev–Trinajstić information content (AvgIpc) is 3.24. The first kappa shape index (κ1) is 16.8. The Morgan fingerprint density at radius 3 is 2.75 bits per heavy atom. The zero-order valence-corrected chi connectivity index (χ0v) is 13.0. The minimum Gasteiger partial charge on any atom is -0.356 e. The third-order valence-corrected chi connectivity index (χ3v) is 4.50. The van der Waals surface area contributed by atoms with Crippen LogP contribution in [0.3, 0.4) is 0 Å². The molecule has 1 aromatic rings. The van der Waals surface area contributed by atoms with Gasteiger partial charge in [0.1, 0.15) is 11.3 Å². The predicted molar refractivity (Wildman–Crippen MR) is 78.0 cm³/mol. The Labute approximate surface area is 136 Å². The van der Waals surface area contributed by atoms with Crippen LogP contribution in [0.1, 0.15) is 41.7 Å². The Kier molecular flexibility index (Phi) is 4.51. The Morgan fingerprint density at radius 2 is 2.08 bits per heavy atom. The maximum atomic E-state index is 12.9.